The molecule has 1 atom stereocenters. The summed E-state index contributed by atoms with van der Waals surface area (Å²) in [5.41, 5.74) is 0.337. The van der Waals surface area contributed by atoms with Crippen molar-refractivity contribution in [3.8, 4) is 5.75 Å². The molecule has 1 aliphatic heterocycles. The van der Waals surface area contributed by atoms with Crippen LogP contribution in [0.4, 0.5) is 11.6 Å². The Morgan fingerprint density at radius 2 is 1.90 bits per heavy atom. The topological polar surface area (TPSA) is 101 Å². The first-order chi connectivity index (χ1) is 14.8. The number of rotatable bonds is 5. The second kappa shape index (κ2) is 7.93. The van der Waals surface area contributed by atoms with Crippen LogP contribution in [-0.4, -0.2) is 44.9 Å². The molecule has 0 amide bonds. The third-order valence-corrected chi connectivity index (χ3v) is 5.42. The number of hydrogen-bond acceptors (Lipinski definition) is 7. The first kappa shape index (κ1) is 20.7. The number of esters is 1. The van der Waals surface area contributed by atoms with Gasteiger partial charge in [0.25, 0.3) is 5.56 Å². The Morgan fingerprint density at radius 3 is 2.55 bits per heavy atom. The maximum Gasteiger partial charge on any atom is 0.333 e. The van der Waals surface area contributed by atoms with Gasteiger partial charge in [0.15, 0.2) is 11.2 Å². The van der Waals surface area contributed by atoms with Crippen molar-refractivity contribution in [1.29, 1.82) is 0 Å². The fraction of sp³-hybridized carbons (Fsp3) is 0.429. The smallest absolute Gasteiger partial charge is 0.333 e. The molecule has 0 aliphatic carbocycles. The van der Waals surface area contributed by atoms with Crippen LogP contribution in [0, 0.1) is 5.92 Å². The summed E-state index contributed by atoms with van der Waals surface area (Å²) >= 11 is 0. The zero-order chi connectivity index (χ0) is 22.3. The normalized spacial score (nSPS) is 15.7. The van der Waals surface area contributed by atoms with Gasteiger partial charge in [-0.15, -0.1) is 0 Å². The van der Waals surface area contributed by atoms with Crippen LogP contribution in [0.1, 0.15) is 13.8 Å². The molecule has 1 unspecified atom stereocenters. The number of nitrogens with zero attached hydrogens (tertiary/aromatic N) is 5. The number of carbonyl (C=O) groups excluding carboxylic acids is 1. The molecule has 0 spiro atoms. The minimum atomic E-state index is -0.632. The molecule has 164 valence electrons. The third kappa shape index (κ3) is 3.47. The third-order valence-electron chi connectivity index (χ3n) is 5.42. The van der Waals surface area contributed by atoms with Gasteiger partial charge >= 0.3 is 11.7 Å². The van der Waals surface area contributed by atoms with E-state index in [9.17, 15) is 14.4 Å². The lowest BCUT2D eigenvalue weighted by Gasteiger charge is -2.33. The van der Waals surface area contributed by atoms with Crippen molar-refractivity contribution in [1.82, 2.24) is 18.7 Å². The number of benzene rings is 1. The van der Waals surface area contributed by atoms with Crippen LogP contribution in [0.15, 0.2) is 33.9 Å². The summed E-state index contributed by atoms with van der Waals surface area (Å²) in [6.07, 6.45) is 0. The summed E-state index contributed by atoms with van der Waals surface area (Å²) in [6.45, 7) is 4.78. The van der Waals surface area contributed by atoms with Gasteiger partial charge in [0.2, 0.25) is 5.95 Å². The molecule has 1 aliphatic rings. The van der Waals surface area contributed by atoms with Crippen LogP contribution in [-0.2, 0) is 29.7 Å². The molecule has 4 rings (SSSR count). The summed E-state index contributed by atoms with van der Waals surface area (Å²) in [4.78, 5) is 44.7. The van der Waals surface area contributed by atoms with Gasteiger partial charge in [0.1, 0.15) is 12.3 Å². The molecule has 10 nitrogen and oxygen atoms in total. The van der Waals surface area contributed by atoms with Crippen LogP contribution in [0.3, 0.4) is 0 Å². The zero-order valence-corrected chi connectivity index (χ0v) is 18.0. The molecule has 0 bridgehead atoms. The van der Waals surface area contributed by atoms with Crippen molar-refractivity contribution in [2.75, 3.05) is 25.2 Å². The second-order valence-corrected chi connectivity index (χ2v) is 7.65. The van der Waals surface area contributed by atoms with Crippen LogP contribution in [0.2, 0.25) is 0 Å². The summed E-state index contributed by atoms with van der Waals surface area (Å²) in [5, 5.41) is 0. The number of anilines is 2. The number of carbonyl (C=O) groups is 1. The monoisotopic (exact) mass is 427 g/mol. The van der Waals surface area contributed by atoms with Gasteiger partial charge in [0.05, 0.1) is 13.7 Å². The Kier molecular flexibility index (Phi) is 5.30. The number of aromatic nitrogens is 4. The van der Waals surface area contributed by atoms with Crippen LogP contribution >= 0.6 is 0 Å². The van der Waals surface area contributed by atoms with Crippen LogP contribution in [0.5, 0.6) is 5.75 Å². The van der Waals surface area contributed by atoms with E-state index in [1.165, 1.54) is 4.57 Å². The highest BCUT2D eigenvalue weighted by atomic mass is 16.5. The quantitative estimate of drug-likeness (QED) is 0.565. The number of fused-ring (bicyclic) bond motifs is 3. The molecule has 2 aromatic heterocycles. The molecule has 0 fully saturated rings. The lowest BCUT2D eigenvalue weighted by atomic mass is 10.1. The molecular formula is C21H25N5O5. The van der Waals surface area contributed by atoms with E-state index < -0.39 is 23.8 Å². The van der Waals surface area contributed by atoms with E-state index in [4.69, 9.17) is 9.47 Å². The minimum absolute atomic E-state index is 0.173. The van der Waals surface area contributed by atoms with Gasteiger partial charge in [-0.3, -0.25) is 14.2 Å². The summed E-state index contributed by atoms with van der Waals surface area (Å²) in [5.74, 6) is 0.917. The Bertz CT molecular complexity index is 1250. The number of methoxy groups -OCH3 is 1. The molecule has 0 saturated heterocycles. The summed E-state index contributed by atoms with van der Waals surface area (Å²) in [6, 6.07) is 7.59. The molecule has 3 aromatic rings. The average Bonchev–Trinajstić information content (AvgIpc) is 3.14. The van der Waals surface area contributed by atoms with E-state index in [0.717, 1.165) is 16.0 Å². The number of imidazole rings is 1. The predicted molar refractivity (Wildman–Crippen MR) is 115 cm³/mol. The number of aryl methyl sites for hydroxylation is 1. The molecule has 0 N–H and O–H groups in total. The average molecular weight is 427 g/mol. The first-order valence-electron chi connectivity index (χ1n) is 10.1. The fourth-order valence-corrected chi connectivity index (χ4v) is 3.96. The van der Waals surface area contributed by atoms with Crippen molar-refractivity contribution in [3.63, 3.8) is 0 Å². The van der Waals surface area contributed by atoms with Gasteiger partial charge in [-0.05, 0) is 37.1 Å². The van der Waals surface area contributed by atoms with Gasteiger partial charge in [-0.25, -0.2) is 9.36 Å². The molecule has 0 radical (unpaired) electrons. The van der Waals surface area contributed by atoms with Gasteiger partial charge in [0, 0.05) is 25.8 Å². The first-order valence-corrected chi connectivity index (χ1v) is 10.1. The number of ether oxygens (including phenoxy) is 2. The standard InChI is InChI=1S/C21H25N5O5/c1-5-31-16(27)12-26-19(28)17-18(23(3)21(26)29)22-20-24(10-13(2)11-25(17)20)14-6-8-15(30-4)9-7-14/h6-9,13H,5,10-12H2,1-4H3. The van der Waals surface area contributed by atoms with Crippen molar-refractivity contribution in [2.45, 2.75) is 26.9 Å². The van der Waals surface area contributed by atoms with Gasteiger partial charge < -0.3 is 18.9 Å². The zero-order valence-electron chi connectivity index (χ0n) is 18.0. The highest BCUT2D eigenvalue weighted by Gasteiger charge is 2.30. The highest BCUT2D eigenvalue weighted by molar-refractivity contribution is 5.77. The van der Waals surface area contributed by atoms with E-state index in [0.29, 0.717) is 24.6 Å². The maximum atomic E-state index is 13.3. The molecule has 10 heteroatoms. The van der Waals surface area contributed by atoms with Crippen molar-refractivity contribution in [2.24, 2.45) is 13.0 Å². The minimum Gasteiger partial charge on any atom is -0.497 e. The SMILES string of the molecule is CCOC(=O)Cn1c(=O)c2c(nc3n2CC(C)CN3c2ccc(OC)cc2)n(C)c1=O. The molecule has 31 heavy (non-hydrogen) atoms. The van der Waals surface area contributed by atoms with Gasteiger partial charge in [-0.1, -0.05) is 6.92 Å². The Hall–Kier alpha value is -3.56. The molecule has 1 aromatic carbocycles. The van der Waals surface area contributed by atoms with E-state index in [-0.39, 0.29) is 18.2 Å². The molecule has 0 saturated carbocycles. The summed E-state index contributed by atoms with van der Waals surface area (Å²) < 4.78 is 14.2. The van der Waals surface area contributed by atoms with Crippen LogP contribution < -0.4 is 20.9 Å². The van der Waals surface area contributed by atoms with Gasteiger partial charge in [-0.2, -0.15) is 4.98 Å². The van der Waals surface area contributed by atoms with E-state index >= 15 is 0 Å². The predicted octanol–water partition coefficient (Wildman–Crippen LogP) is 1.26. The number of hydrogen-bond donors (Lipinski definition) is 0. The Labute approximate surface area is 178 Å². The highest BCUT2D eigenvalue weighted by Crippen LogP contribution is 2.33. The maximum absolute atomic E-state index is 13.3. The van der Waals surface area contributed by atoms with E-state index in [1.54, 1.807) is 21.1 Å². The lowest BCUT2D eigenvalue weighted by molar-refractivity contribution is -0.143. The lowest BCUT2D eigenvalue weighted by Crippen LogP contribution is -2.42. The Balaban J connectivity index is 1.90. The fourth-order valence-electron chi connectivity index (χ4n) is 3.96. The largest absolute Gasteiger partial charge is 0.497 e. The summed E-state index contributed by atoms with van der Waals surface area (Å²) in [7, 11) is 3.16. The second-order valence-electron chi connectivity index (χ2n) is 7.65. The van der Waals surface area contributed by atoms with E-state index in [1.807, 2.05) is 33.7 Å². The van der Waals surface area contributed by atoms with Crippen LogP contribution in [0.25, 0.3) is 11.2 Å². The van der Waals surface area contributed by atoms with Crippen molar-refractivity contribution in [3.05, 3.63) is 45.1 Å². The molecular weight excluding hydrogens is 402 g/mol. The van der Waals surface area contributed by atoms with Crippen molar-refractivity contribution < 1.29 is 14.3 Å². The molecule has 3 heterocycles. The van der Waals surface area contributed by atoms with Crippen molar-refractivity contribution >= 4 is 28.8 Å². The van der Waals surface area contributed by atoms with E-state index in [2.05, 4.69) is 11.9 Å². The Morgan fingerprint density at radius 1 is 1.19 bits per heavy atom.